The fraction of sp³-hybridized carbons (Fsp3) is 0.462. The summed E-state index contributed by atoms with van der Waals surface area (Å²) in [6, 6.07) is 6.29. The SMILES string of the molecule is CC(Cc1ccc(F)cc1)CC(CN)C(=O)O. The van der Waals surface area contributed by atoms with Crippen LogP contribution in [0.5, 0.6) is 0 Å². The molecule has 2 unspecified atom stereocenters. The standard InChI is InChI=1S/C13H18FNO2/c1-9(7-11(8-15)13(16)17)6-10-2-4-12(14)5-3-10/h2-5,9,11H,6-8,15H2,1H3,(H,16,17). The lowest BCUT2D eigenvalue weighted by molar-refractivity contribution is -0.141. The van der Waals surface area contributed by atoms with E-state index >= 15 is 0 Å². The van der Waals surface area contributed by atoms with Gasteiger partial charge in [0.15, 0.2) is 0 Å². The molecular formula is C13H18FNO2. The lowest BCUT2D eigenvalue weighted by Crippen LogP contribution is -2.25. The maximum absolute atomic E-state index is 12.7. The molecule has 0 aliphatic carbocycles. The Morgan fingerprint density at radius 2 is 2.00 bits per heavy atom. The van der Waals surface area contributed by atoms with Crippen molar-refractivity contribution in [3.8, 4) is 0 Å². The van der Waals surface area contributed by atoms with E-state index in [1.807, 2.05) is 6.92 Å². The normalized spacial score (nSPS) is 14.3. The van der Waals surface area contributed by atoms with Gasteiger partial charge < -0.3 is 10.8 Å². The van der Waals surface area contributed by atoms with Crippen LogP contribution in [0.4, 0.5) is 4.39 Å². The second-order valence-electron chi connectivity index (χ2n) is 4.44. The number of halogens is 1. The quantitative estimate of drug-likeness (QED) is 0.798. The fourth-order valence-electron chi connectivity index (χ4n) is 1.89. The molecule has 3 N–H and O–H groups in total. The van der Waals surface area contributed by atoms with Crippen LogP contribution in [0.15, 0.2) is 24.3 Å². The van der Waals surface area contributed by atoms with Gasteiger partial charge in [-0.15, -0.1) is 0 Å². The highest BCUT2D eigenvalue weighted by atomic mass is 19.1. The molecule has 0 saturated carbocycles. The molecule has 1 aromatic carbocycles. The minimum absolute atomic E-state index is 0.156. The van der Waals surface area contributed by atoms with Crippen molar-refractivity contribution < 1.29 is 14.3 Å². The molecule has 0 saturated heterocycles. The van der Waals surface area contributed by atoms with Crippen molar-refractivity contribution in [2.45, 2.75) is 19.8 Å². The van der Waals surface area contributed by atoms with E-state index in [0.717, 1.165) is 12.0 Å². The highest BCUT2D eigenvalue weighted by Gasteiger charge is 2.18. The van der Waals surface area contributed by atoms with Crippen LogP contribution in [0.3, 0.4) is 0 Å². The van der Waals surface area contributed by atoms with E-state index in [1.165, 1.54) is 12.1 Å². The monoisotopic (exact) mass is 239 g/mol. The maximum Gasteiger partial charge on any atom is 0.307 e. The summed E-state index contributed by atoms with van der Waals surface area (Å²) < 4.78 is 12.7. The first-order valence-corrected chi connectivity index (χ1v) is 5.70. The first kappa shape index (κ1) is 13.6. The topological polar surface area (TPSA) is 63.3 Å². The third-order valence-corrected chi connectivity index (χ3v) is 2.82. The molecule has 1 aromatic rings. The first-order chi connectivity index (χ1) is 8.02. The average Bonchev–Trinajstić information content (AvgIpc) is 2.28. The summed E-state index contributed by atoms with van der Waals surface area (Å²) >= 11 is 0. The van der Waals surface area contributed by atoms with E-state index in [4.69, 9.17) is 10.8 Å². The molecule has 1 rings (SSSR count). The van der Waals surface area contributed by atoms with E-state index < -0.39 is 11.9 Å². The molecule has 0 spiro atoms. The van der Waals surface area contributed by atoms with Gasteiger partial charge in [0.05, 0.1) is 5.92 Å². The Morgan fingerprint density at radius 1 is 1.41 bits per heavy atom. The first-order valence-electron chi connectivity index (χ1n) is 5.70. The van der Waals surface area contributed by atoms with E-state index in [1.54, 1.807) is 12.1 Å². The zero-order chi connectivity index (χ0) is 12.8. The van der Waals surface area contributed by atoms with Crippen LogP contribution in [-0.4, -0.2) is 17.6 Å². The molecular weight excluding hydrogens is 221 g/mol. The molecule has 4 heteroatoms. The second kappa shape index (κ2) is 6.35. The molecule has 3 nitrogen and oxygen atoms in total. The predicted molar refractivity (Wildman–Crippen MR) is 64.1 cm³/mol. The molecule has 0 bridgehead atoms. The molecule has 0 amide bonds. The van der Waals surface area contributed by atoms with E-state index in [-0.39, 0.29) is 18.3 Å². The van der Waals surface area contributed by atoms with Gasteiger partial charge in [-0.25, -0.2) is 4.39 Å². The second-order valence-corrected chi connectivity index (χ2v) is 4.44. The van der Waals surface area contributed by atoms with Crippen molar-refractivity contribution in [1.82, 2.24) is 0 Å². The number of carbonyl (C=O) groups is 1. The number of benzene rings is 1. The highest BCUT2D eigenvalue weighted by Crippen LogP contribution is 2.17. The molecule has 94 valence electrons. The van der Waals surface area contributed by atoms with Crippen LogP contribution in [0.1, 0.15) is 18.9 Å². The lowest BCUT2D eigenvalue weighted by atomic mass is 9.91. The van der Waals surface area contributed by atoms with Crippen molar-refractivity contribution >= 4 is 5.97 Å². The summed E-state index contributed by atoms with van der Waals surface area (Å²) in [6.07, 6.45) is 1.28. The van der Waals surface area contributed by atoms with Crippen molar-refractivity contribution in [2.24, 2.45) is 17.6 Å². The summed E-state index contributed by atoms with van der Waals surface area (Å²) in [4.78, 5) is 10.8. The summed E-state index contributed by atoms with van der Waals surface area (Å²) in [5, 5.41) is 8.90. The molecule has 0 fully saturated rings. The van der Waals surface area contributed by atoms with Crippen LogP contribution in [0.25, 0.3) is 0 Å². The Kier molecular flexibility index (Phi) is 5.10. The third kappa shape index (κ3) is 4.53. The number of hydrogen-bond acceptors (Lipinski definition) is 2. The predicted octanol–water partition coefficient (Wildman–Crippen LogP) is 2.05. The number of nitrogens with two attached hydrogens (primary N) is 1. The van der Waals surface area contributed by atoms with E-state index in [2.05, 4.69) is 0 Å². The van der Waals surface area contributed by atoms with Gasteiger partial charge in [0.1, 0.15) is 5.82 Å². The van der Waals surface area contributed by atoms with Gasteiger partial charge in [-0.05, 0) is 36.5 Å². The Labute approximate surface area is 100 Å². The number of rotatable bonds is 6. The lowest BCUT2D eigenvalue weighted by Gasteiger charge is -2.16. The minimum atomic E-state index is -0.849. The largest absolute Gasteiger partial charge is 0.481 e. The molecule has 0 aromatic heterocycles. The summed E-state index contributed by atoms with van der Waals surface area (Å²) in [6.45, 7) is 2.14. The molecule has 0 heterocycles. The van der Waals surface area contributed by atoms with Gasteiger partial charge in [-0.2, -0.15) is 0 Å². The molecule has 17 heavy (non-hydrogen) atoms. The summed E-state index contributed by atoms with van der Waals surface area (Å²) in [5.74, 6) is -1.39. The highest BCUT2D eigenvalue weighted by molar-refractivity contribution is 5.70. The third-order valence-electron chi connectivity index (χ3n) is 2.82. The Bertz CT molecular complexity index is 364. The van der Waals surface area contributed by atoms with Crippen LogP contribution in [-0.2, 0) is 11.2 Å². The van der Waals surface area contributed by atoms with E-state index in [9.17, 15) is 9.18 Å². The van der Waals surface area contributed by atoms with Crippen LogP contribution >= 0.6 is 0 Å². The number of carboxylic acid groups (broad SMARTS) is 1. The molecule has 0 aliphatic rings. The maximum atomic E-state index is 12.7. The number of aliphatic carboxylic acids is 1. The zero-order valence-corrected chi connectivity index (χ0v) is 9.90. The van der Waals surface area contributed by atoms with Crippen molar-refractivity contribution in [2.75, 3.05) is 6.54 Å². The number of hydrogen-bond donors (Lipinski definition) is 2. The number of carboxylic acids is 1. The van der Waals surface area contributed by atoms with Crippen molar-refractivity contribution in [1.29, 1.82) is 0 Å². The van der Waals surface area contributed by atoms with E-state index in [0.29, 0.717) is 6.42 Å². The van der Waals surface area contributed by atoms with Gasteiger partial charge in [-0.3, -0.25) is 4.79 Å². The van der Waals surface area contributed by atoms with Gasteiger partial charge in [0.25, 0.3) is 0 Å². The van der Waals surface area contributed by atoms with Gasteiger partial charge >= 0.3 is 5.97 Å². The van der Waals surface area contributed by atoms with Gasteiger partial charge in [-0.1, -0.05) is 19.1 Å². The van der Waals surface area contributed by atoms with Crippen LogP contribution < -0.4 is 5.73 Å². The fourth-order valence-corrected chi connectivity index (χ4v) is 1.89. The molecule has 2 atom stereocenters. The Morgan fingerprint density at radius 3 is 2.47 bits per heavy atom. The van der Waals surface area contributed by atoms with Crippen LogP contribution in [0, 0.1) is 17.7 Å². The minimum Gasteiger partial charge on any atom is -0.481 e. The van der Waals surface area contributed by atoms with Gasteiger partial charge in [0.2, 0.25) is 0 Å². The van der Waals surface area contributed by atoms with Crippen molar-refractivity contribution in [3.63, 3.8) is 0 Å². The molecule has 0 aliphatic heterocycles. The summed E-state index contributed by atoms with van der Waals surface area (Å²) in [7, 11) is 0. The molecule has 0 radical (unpaired) electrons. The Hall–Kier alpha value is -1.42. The summed E-state index contributed by atoms with van der Waals surface area (Å²) in [5.41, 5.74) is 6.42. The Balaban J connectivity index is 2.51. The smallest absolute Gasteiger partial charge is 0.307 e. The average molecular weight is 239 g/mol. The van der Waals surface area contributed by atoms with Crippen LogP contribution in [0.2, 0.25) is 0 Å². The van der Waals surface area contributed by atoms with Crippen molar-refractivity contribution in [3.05, 3.63) is 35.6 Å². The zero-order valence-electron chi connectivity index (χ0n) is 9.90. The van der Waals surface area contributed by atoms with Gasteiger partial charge in [0, 0.05) is 6.54 Å².